The van der Waals surface area contributed by atoms with E-state index in [0.717, 1.165) is 17.7 Å². The van der Waals surface area contributed by atoms with Crippen molar-refractivity contribution in [1.82, 2.24) is 4.98 Å². The molecule has 1 aromatic carbocycles. The second-order valence-electron chi connectivity index (χ2n) is 3.96. The lowest BCUT2D eigenvalue weighted by molar-refractivity contribution is 0.586. The zero-order valence-electron chi connectivity index (χ0n) is 10.1. The Morgan fingerprint density at radius 1 is 1.32 bits per heavy atom. The molecule has 0 radical (unpaired) electrons. The topological polar surface area (TPSA) is 50.9 Å². The van der Waals surface area contributed by atoms with Crippen LogP contribution >= 0.6 is 12.2 Å². The van der Waals surface area contributed by atoms with Crippen molar-refractivity contribution < 1.29 is 8.78 Å². The number of halogens is 2. The summed E-state index contributed by atoms with van der Waals surface area (Å²) in [7, 11) is 0. The summed E-state index contributed by atoms with van der Waals surface area (Å²) in [6, 6.07) is 4.99. The molecule has 0 spiro atoms. The Bertz CT molecular complexity index is 644. The molecule has 19 heavy (non-hydrogen) atoms. The maximum absolute atomic E-state index is 13.6. The van der Waals surface area contributed by atoms with E-state index in [1.165, 1.54) is 6.07 Å². The first-order valence-corrected chi connectivity index (χ1v) is 5.87. The van der Waals surface area contributed by atoms with E-state index >= 15 is 0 Å². The lowest BCUT2D eigenvalue weighted by Gasteiger charge is -2.12. The van der Waals surface area contributed by atoms with Crippen molar-refractivity contribution in [2.75, 3.05) is 5.32 Å². The minimum Gasteiger partial charge on any atom is -0.389 e. The number of aromatic nitrogens is 1. The second kappa shape index (κ2) is 5.27. The number of nitrogens with one attached hydrogen (secondary N) is 1. The number of pyridine rings is 1. The summed E-state index contributed by atoms with van der Waals surface area (Å²) in [6.07, 6.45) is 1.56. The summed E-state index contributed by atoms with van der Waals surface area (Å²) in [5.74, 6) is -1.01. The van der Waals surface area contributed by atoms with E-state index in [1.807, 2.05) is 6.92 Å². The number of hydrogen-bond acceptors (Lipinski definition) is 3. The van der Waals surface area contributed by atoms with Gasteiger partial charge in [0.1, 0.15) is 22.4 Å². The molecule has 0 saturated carbocycles. The Kier molecular flexibility index (Phi) is 3.71. The number of thiocarbonyl (C=S) groups is 1. The van der Waals surface area contributed by atoms with Crippen LogP contribution in [0, 0.1) is 18.6 Å². The van der Waals surface area contributed by atoms with Gasteiger partial charge in [-0.2, -0.15) is 0 Å². The first-order chi connectivity index (χ1) is 8.99. The molecule has 0 bridgehead atoms. The largest absolute Gasteiger partial charge is 0.389 e. The second-order valence-corrected chi connectivity index (χ2v) is 4.40. The van der Waals surface area contributed by atoms with Gasteiger partial charge in [0.15, 0.2) is 0 Å². The van der Waals surface area contributed by atoms with Gasteiger partial charge in [-0.15, -0.1) is 0 Å². The van der Waals surface area contributed by atoms with Gasteiger partial charge in [-0.1, -0.05) is 12.2 Å². The van der Waals surface area contributed by atoms with Crippen LogP contribution in [0.3, 0.4) is 0 Å². The molecule has 2 rings (SSSR count). The van der Waals surface area contributed by atoms with Crippen molar-refractivity contribution in [3.8, 4) is 0 Å². The molecular weight excluding hydrogens is 268 g/mol. The third-order valence-corrected chi connectivity index (χ3v) is 2.79. The van der Waals surface area contributed by atoms with Crippen molar-refractivity contribution in [3.05, 3.63) is 53.2 Å². The summed E-state index contributed by atoms with van der Waals surface area (Å²) < 4.78 is 26.4. The van der Waals surface area contributed by atoms with Gasteiger partial charge in [0.2, 0.25) is 0 Å². The molecule has 0 amide bonds. The molecule has 0 aliphatic heterocycles. The molecule has 3 N–H and O–H groups in total. The van der Waals surface area contributed by atoms with Crippen molar-refractivity contribution >= 4 is 28.7 Å². The maximum Gasteiger partial charge on any atom is 0.149 e. The first-order valence-electron chi connectivity index (χ1n) is 5.46. The normalized spacial score (nSPS) is 10.3. The zero-order chi connectivity index (χ0) is 14.0. The highest BCUT2D eigenvalue weighted by Gasteiger charge is 2.12. The molecule has 0 aliphatic carbocycles. The van der Waals surface area contributed by atoms with Crippen molar-refractivity contribution in [1.29, 1.82) is 0 Å². The predicted molar refractivity (Wildman–Crippen MR) is 74.5 cm³/mol. The molecule has 0 fully saturated rings. The zero-order valence-corrected chi connectivity index (χ0v) is 10.9. The van der Waals surface area contributed by atoms with Crippen LogP contribution in [0.4, 0.5) is 20.3 Å². The Morgan fingerprint density at radius 3 is 2.68 bits per heavy atom. The number of nitrogens with two attached hydrogens (primary N) is 1. The molecule has 3 nitrogen and oxygen atoms in total. The Labute approximate surface area is 114 Å². The average molecular weight is 279 g/mol. The number of aryl methyl sites for hydroxylation is 1. The van der Waals surface area contributed by atoms with Gasteiger partial charge < -0.3 is 11.1 Å². The van der Waals surface area contributed by atoms with E-state index in [2.05, 4.69) is 10.3 Å². The van der Waals surface area contributed by atoms with Crippen LogP contribution in [0.15, 0.2) is 30.5 Å². The van der Waals surface area contributed by atoms with Crippen molar-refractivity contribution in [3.63, 3.8) is 0 Å². The molecule has 2 aromatic rings. The van der Waals surface area contributed by atoms with Gasteiger partial charge in [-0.3, -0.25) is 0 Å². The smallest absolute Gasteiger partial charge is 0.149 e. The number of benzene rings is 1. The van der Waals surface area contributed by atoms with Gasteiger partial charge in [0, 0.05) is 12.3 Å². The fourth-order valence-corrected chi connectivity index (χ4v) is 1.94. The van der Waals surface area contributed by atoms with E-state index in [1.54, 1.807) is 12.3 Å². The SMILES string of the molecule is Cc1ccnc(Nc2ccc(F)cc2F)c1C(N)=S. The lowest BCUT2D eigenvalue weighted by Crippen LogP contribution is -2.15. The molecule has 6 heteroatoms. The molecular formula is C13H11F2N3S. The van der Waals surface area contributed by atoms with Gasteiger partial charge in [0.05, 0.1) is 11.3 Å². The molecule has 0 unspecified atom stereocenters. The molecule has 0 atom stereocenters. The maximum atomic E-state index is 13.6. The Balaban J connectivity index is 2.44. The van der Waals surface area contributed by atoms with E-state index in [0.29, 0.717) is 11.4 Å². The van der Waals surface area contributed by atoms with Gasteiger partial charge >= 0.3 is 0 Å². The van der Waals surface area contributed by atoms with Gasteiger partial charge in [0.25, 0.3) is 0 Å². The predicted octanol–water partition coefficient (Wildman–Crippen LogP) is 3.05. The van der Waals surface area contributed by atoms with Crippen LogP contribution in [0.1, 0.15) is 11.1 Å². The monoisotopic (exact) mass is 279 g/mol. The Hall–Kier alpha value is -2.08. The lowest BCUT2D eigenvalue weighted by atomic mass is 10.1. The standard InChI is InChI=1S/C13H11F2N3S/c1-7-4-5-17-13(11(7)12(16)19)18-10-3-2-8(14)6-9(10)15/h2-6H,1H3,(H2,16,19)(H,17,18). The molecule has 1 aromatic heterocycles. The minimum absolute atomic E-state index is 0.108. The number of rotatable bonds is 3. The molecule has 0 aliphatic rings. The fraction of sp³-hybridized carbons (Fsp3) is 0.0769. The minimum atomic E-state index is -0.711. The first kappa shape index (κ1) is 13.4. The van der Waals surface area contributed by atoms with Crippen LogP contribution in [-0.4, -0.2) is 9.97 Å². The average Bonchev–Trinajstić information content (AvgIpc) is 2.32. The summed E-state index contributed by atoms with van der Waals surface area (Å²) in [4.78, 5) is 4.24. The highest BCUT2D eigenvalue weighted by Crippen LogP contribution is 2.23. The third-order valence-electron chi connectivity index (χ3n) is 2.59. The van der Waals surface area contributed by atoms with Crippen molar-refractivity contribution in [2.24, 2.45) is 5.73 Å². The number of hydrogen-bond donors (Lipinski definition) is 2. The summed E-state index contributed by atoms with van der Waals surface area (Å²) in [6.45, 7) is 1.82. The van der Waals surface area contributed by atoms with Crippen LogP contribution < -0.4 is 11.1 Å². The van der Waals surface area contributed by atoms with Crippen LogP contribution in [0.5, 0.6) is 0 Å². The fourth-order valence-electron chi connectivity index (χ4n) is 1.68. The number of anilines is 2. The van der Waals surface area contributed by atoms with Gasteiger partial charge in [-0.25, -0.2) is 13.8 Å². The quantitative estimate of drug-likeness (QED) is 0.848. The molecule has 98 valence electrons. The third kappa shape index (κ3) is 2.85. The van der Waals surface area contributed by atoms with E-state index in [4.69, 9.17) is 18.0 Å². The highest BCUT2D eigenvalue weighted by molar-refractivity contribution is 7.80. The highest BCUT2D eigenvalue weighted by atomic mass is 32.1. The summed E-state index contributed by atoms with van der Waals surface area (Å²) in [5, 5.41) is 2.77. The molecule has 1 heterocycles. The Morgan fingerprint density at radius 2 is 2.05 bits per heavy atom. The van der Waals surface area contributed by atoms with E-state index in [9.17, 15) is 8.78 Å². The van der Waals surface area contributed by atoms with Crippen LogP contribution in [-0.2, 0) is 0 Å². The van der Waals surface area contributed by atoms with Crippen LogP contribution in [0.2, 0.25) is 0 Å². The van der Waals surface area contributed by atoms with Crippen molar-refractivity contribution in [2.45, 2.75) is 6.92 Å². The van der Waals surface area contributed by atoms with Crippen LogP contribution in [0.25, 0.3) is 0 Å². The summed E-state index contributed by atoms with van der Waals surface area (Å²) >= 11 is 4.95. The van der Waals surface area contributed by atoms with E-state index < -0.39 is 11.6 Å². The summed E-state index contributed by atoms with van der Waals surface area (Å²) in [5.41, 5.74) is 7.11. The van der Waals surface area contributed by atoms with Gasteiger partial charge in [-0.05, 0) is 30.7 Å². The molecule has 0 saturated heterocycles. The number of nitrogens with zero attached hydrogens (tertiary/aromatic N) is 1. The van der Waals surface area contributed by atoms with E-state index in [-0.39, 0.29) is 10.7 Å².